The van der Waals surface area contributed by atoms with Gasteiger partial charge < -0.3 is 4.74 Å². The number of ketones is 1. The van der Waals surface area contributed by atoms with E-state index in [2.05, 4.69) is 6.92 Å². The minimum absolute atomic E-state index is 0.0688. The Hall–Kier alpha value is -1.41. The summed E-state index contributed by atoms with van der Waals surface area (Å²) in [5.41, 5.74) is 1.04. The lowest BCUT2D eigenvalue weighted by atomic mass is 10.0. The first kappa shape index (κ1) is 19.6. The predicted octanol–water partition coefficient (Wildman–Crippen LogP) is 5.81. The highest BCUT2D eigenvalue weighted by atomic mass is 16.5. The fourth-order valence-corrected chi connectivity index (χ4v) is 2.69. The molecule has 0 heterocycles. The van der Waals surface area contributed by atoms with Gasteiger partial charge in [0, 0.05) is 7.11 Å². The first-order valence-corrected chi connectivity index (χ1v) is 9.07. The molecule has 128 valence electrons. The Labute approximate surface area is 141 Å². The van der Waals surface area contributed by atoms with Crippen molar-refractivity contribution in [3.05, 3.63) is 42.0 Å². The highest BCUT2D eigenvalue weighted by Gasteiger charge is 2.14. The second-order valence-corrected chi connectivity index (χ2v) is 6.13. The summed E-state index contributed by atoms with van der Waals surface area (Å²) in [6.45, 7) is 2.24. The number of ether oxygens (including phenoxy) is 1. The third-order valence-corrected chi connectivity index (χ3v) is 4.16. The van der Waals surface area contributed by atoms with Crippen LogP contribution in [0.4, 0.5) is 0 Å². The SMILES string of the molecule is CCCCCCCCCCC(OC)C(=O)/C=C/c1ccccc1. The zero-order valence-electron chi connectivity index (χ0n) is 14.8. The standard InChI is InChI=1S/C21H32O2/c1-3-4-5-6-7-8-9-13-16-21(23-2)20(22)18-17-19-14-11-10-12-15-19/h10-12,14-15,17-18,21H,3-9,13,16H2,1-2H3/b18-17+. The van der Waals surface area contributed by atoms with Crippen LogP contribution in [0.3, 0.4) is 0 Å². The maximum Gasteiger partial charge on any atom is 0.184 e. The molecule has 1 aromatic carbocycles. The number of hydrogen-bond acceptors (Lipinski definition) is 2. The third-order valence-electron chi connectivity index (χ3n) is 4.16. The van der Waals surface area contributed by atoms with Crippen molar-refractivity contribution >= 4 is 11.9 Å². The van der Waals surface area contributed by atoms with Crippen molar-refractivity contribution in [2.75, 3.05) is 7.11 Å². The zero-order valence-corrected chi connectivity index (χ0v) is 14.8. The second-order valence-electron chi connectivity index (χ2n) is 6.13. The highest BCUT2D eigenvalue weighted by molar-refractivity contribution is 5.96. The maximum absolute atomic E-state index is 12.2. The Morgan fingerprint density at radius 2 is 1.61 bits per heavy atom. The van der Waals surface area contributed by atoms with Gasteiger partial charge >= 0.3 is 0 Å². The first-order chi connectivity index (χ1) is 11.3. The fraction of sp³-hybridized carbons (Fsp3) is 0.571. The summed E-state index contributed by atoms with van der Waals surface area (Å²) in [7, 11) is 1.63. The molecule has 0 aromatic heterocycles. The van der Waals surface area contributed by atoms with Crippen LogP contribution < -0.4 is 0 Å². The van der Waals surface area contributed by atoms with E-state index in [9.17, 15) is 4.79 Å². The molecular formula is C21H32O2. The molecule has 0 bridgehead atoms. The van der Waals surface area contributed by atoms with Crippen LogP contribution in [-0.2, 0) is 9.53 Å². The average molecular weight is 316 g/mol. The molecule has 0 saturated carbocycles. The van der Waals surface area contributed by atoms with Gasteiger partial charge in [0.05, 0.1) is 0 Å². The number of methoxy groups -OCH3 is 1. The van der Waals surface area contributed by atoms with E-state index in [0.29, 0.717) is 0 Å². The van der Waals surface area contributed by atoms with Crippen molar-refractivity contribution in [2.24, 2.45) is 0 Å². The number of benzene rings is 1. The lowest BCUT2D eigenvalue weighted by Crippen LogP contribution is -2.20. The largest absolute Gasteiger partial charge is 0.373 e. The van der Waals surface area contributed by atoms with Crippen molar-refractivity contribution in [3.8, 4) is 0 Å². The monoisotopic (exact) mass is 316 g/mol. The van der Waals surface area contributed by atoms with Crippen molar-refractivity contribution in [2.45, 2.75) is 70.8 Å². The lowest BCUT2D eigenvalue weighted by Gasteiger charge is -2.11. The van der Waals surface area contributed by atoms with Gasteiger partial charge in [0.25, 0.3) is 0 Å². The maximum atomic E-state index is 12.2. The van der Waals surface area contributed by atoms with Crippen molar-refractivity contribution < 1.29 is 9.53 Å². The van der Waals surface area contributed by atoms with E-state index in [1.165, 1.54) is 44.9 Å². The van der Waals surface area contributed by atoms with Crippen LogP contribution in [0.2, 0.25) is 0 Å². The van der Waals surface area contributed by atoms with Gasteiger partial charge in [0.2, 0.25) is 0 Å². The van der Waals surface area contributed by atoms with Crippen molar-refractivity contribution in [1.29, 1.82) is 0 Å². The number of hydrogen-bond donors (Lipinski definition) is 0. The molecule has 0 radical (unpaired) electrons. The summed E-state index contributed by atoms with van der Waals surface area (Å²) in [5.74, 6) is 0.0688. The van der Waals surface area contributed by atoms with Crippen LogP contribution in [-0.4, -0.2) is 19.0 Å². The van der Waals surface area contributed by atoms with Crippen LogP contribution in [0.25, 0.3) is 6.08 Å². The van der Waals surface area contributed by atoms with E-state index in [4.69, 9.17) is 4.74 Å². The summed E-state index contributed by atoms with van der Waals surface area (Å²) < 4.78 is 5.36. The summed E-state index contributed by atoms with van der Waals surface area (Å²) in [6, 6.07) is 9.89. The summed E-state index contributed by atoms with van der Waals surface area (Å²) >= 11 is 0. The van der Waals surface area contributed by atoms with Crippen LogP contribution in [0, 0.1) is 0 Å². The Morgan fingerprint density at radius 3 is 2.22 bits per heavy atom. The van der Waals surface area contributed by atoms with Crippen molar-refractivity contribution in [1.82, 2.24) is 0 Å². The second kappa shape index (κ2) is 13.1. The molecule has 0 amide bonds. The molecule has 23 heavy (non-hydrogen) atoms. The molecule has 0 saturated heterocycles. The van der Waals surface area contributed by atoms with Gasteiger partial charge in [-0.2, -0.15) is 0 Å². The Balaban J connectivity index is 2.20. The van der Waals surface area contributed by atoms with Gasteiger partial charge in [-0.25, -0.2) is 0 Å². The van der Waals surface area contributed by atoms with E-state index < -0.39 is 0 Å². The molecule has 0 aliphatic heterocycles. The van der Waals surface area contributed by atoms with E-state index in [0.717, 1.165) is 18.4 Å². The third kappa shape index (κ3) is 9.35. The number of unbranched alkanes of at least 4 members (excludes halogenated alkanes) is 7. The normalized spacial score (nSPS) is 12.6. The fourth-order valence-electron chi connectivity index (χ4n) is 2.69. The number of carbonyl (C=O) groups excluding carboxylic acids is 1. The van der Waals surface area contributed by atoms with Gasteiger partial charge in [-0.3, -0.25) is 4.79 Å². The molecule has 1 unspecified atom stereocenters. The summed E-state index contributed by atoms with van der Waals surface area (Å²) in [4.78, 5) is 12.2. The highest BCUT2D eigenvalue weighted by Crippen LogP contribution is 2.13. The van der Waals surface area contributed by atoms with Gasteiger partial charge in [0.1, 0.15) is 6.10 Å². The number of rotatable bonds is 13. The van der Waals surface area contributed by atoms with E-state index in [-0.39, 0.29) is 11.9 Å². The average Bonchev–Trinajstić information content (AvgIpc) is 2.59. The lowest BCUT2D eigenvalue weighted by molar-refractivity contribution is -0.124. The molecule has 2 heteroatoms. The molecule has 0 fully saturated rings. The van der Waals surface area contributed by atoms with Gasteiger partial charge in [-0.15, -0.1) is 0 Å². The molecule has 1 rings (SSSR count). The molecular weight excluding hydrogens is 284 g/mol. The minimum Gasteiger partial charge on any atom is -0.373 e. The van der Waals surface area contributed by atoms with Crippen molar-refractivity contribution in [3.63, 3.8) is 0 Å². The van der Waals surface area contributed by atoms with E-state index >= 15 is 0 Å². The molecule has 0 aliphatic carbocycles. The molecule has 1 aromatic rings. The van der Waals surface area contributed by atoms with Gasteiger partial charge in [-0.1, -0.05) is 94.7 Å². The Kier molecular flexibility index (Phi) is 11.2. The summed E-state index contributed by atoms with van der Waals surface area (Å²) in [6.07, 6.45) is 14.3. The Morgan fingerprint density at radius 1 is 1.00 bits per heavy atom. The van der Waals surface area contributed by atoms with Gasteiger partial charge in [0.15, 0.2) is 5.78 Å². The van der Waals surface area contributed by atoms with E-state index in [1.807, 2.05) is 36.4 Å². The number of carbonyl (C=O) groups is 1. The van der Waals surface area contributed by atoms with Crippen LogP contribution in [0.5, 0.6) is 0 Å². The molecule has 0 spiro atoms. The smallest absolute Gasteiger partial charge is 0.184 e. The Bertz CT molecular complexity index is 436. The zero-order chi connectivity index (χ0) is 16.8. The van der Waals surface area contributed by atoms with Crippen LogP contribution in [0.1, 0.15) is 70.3 Å². The summed E-state index contributed by atoms with van der Waals surface area (Å²) in [5, 5.41) is 0. The molecule has 0 aliphatic rings. The topological polar surface area (TPSA) is 26.3 Å². The van der Waals surface area contributed by atoms with Crippen LogP contribution >= 0.6 is 0 Å². The first-order valence-electron chi connectivity index (χ1n) is 9.07. The molecule has 1 atom stereocenters. The predicted molar refractivity (Wildman–Crippen MR) is 98.5 cm³/mol. The van der Waals surface area contributed by atoms with Crippen LogP contribution in [0.15, 0.2) is 36.4 Å². The molecule has 0 N–H and O–H groups in total. The minimum atomic E-state index is -0.296. The quantitative estimate of drug-likeness (QED) is 0.339. The van der Waals surface area contributed by atoms with E-state index in [1.54, 1.807) is 13.2 Å². The van der Waals surface area contributed by atoms with Gasteiger partial charge in [-0.05, 0) is 18.1 Å². The molecule has 2 nitrogen and oxygen atoms in total.